The second-order valence-corrected chi connectivity index (χ2v) is 7.65. The maximum absolute atomic E-state index is 12.4. The van der Waals surface area contributed by atoms with Crippen LogP contribution < -0.4 is 17.0 Å². The molecule has 31 heavy (non-hydrogen) atoms. The van der Waals surface area contributed by atoms with E-state index in [1.165, 1.54) is 10.3 Å². The monoisotopic (exact) mass is 426 g/mol. The number of aromatic amines is 1. The number of hydrogen-bond donors (Lipinski definition) is 2. The number of amides is 1. The molecule has 2 aliphatic heterocycles. The summed E-state index contributed by atoms with van der Waals surface area (Å²) in [5, 5.41) is 0.565. The molecule has 0 bridgehead atoms. The molecule has 1 saturated heterocycles. The summed E-state index contributed by atoms with van der Waals surface area (Å²) in [7, 11) is 2.10. The van der Waals surface area contributed by atoms with E-state index in [1.807, 2.05) is 18.2 Å². The van der Waals surface area contributed by atoms with Crippen LogP contribution in [-0.2, 0) is 17.9 Å². The van der Waals surface area contributed by atoms with Crippen LogP contribution in [0.1, 0.15) is 12.5 Å². The van der Waals surface area contributed by atoms with Crippen LogP contribution in [0.2, 0.25) is 0 Å². The fraction of sp³-hybridized carbons (Fsp3) is 0.409. The van der Waals surface area contributed by atoms with Crippen LogP contribution in [0.5, 0.6) is 0 Å². The standard InChI is InChI=1S/C21H27N5O2.CH3NO/c1-3-26-20(27)18-7-6-16(13-19(18)22-21(26)28)14-24-9-11-25(12-10-24)17-5-4-8-23(2)15-17;2-1-3/h4-7,13,15H,3,8-12,14H2,1-2H3,(H,22,28);1H,(H2,2,3). The number of allylic oxidation sites excluding steroid dienone is 1. The van der Waals surface area contributed by atoms with Crippen LogP contribution in [0.15, 0.2) is 51.8 Å². The molecule has 1 aromatic carbocycles. The zero-order chi connectivity index (χ0) is 22.4. The van der Waals surface area contributed by atoms with Crippen molar-refractivity contribution in [1.29, 1.82) is 0 Å². The van der Waals surface area contributed by atoms with Crippen LogP contribution in [-0.4, -0.2) is 70.4 Å². The Balaban J connectivity index is 0.000000858. The average molecular weight is 427 g/mol. The number of nitrogens with one attached hydrogen (secondary N) is 1. The Morgan fingerprint density at radius 3 is 2.52 bits per heavy atom. The lowest BCUT2D eigenvalue weighted by Crippen LogP contribution is -2.45. The van der Waals surface area contributed by atoms with Crippen molar-refractivity contribution in [2.24, 2.45) is 5.73 Å². The van der Waals surface area contributed by atoms with Gasteiger partial charge in [0, 0.05) is 59.1 Å². The van der Waals surface area contributed by atoms with E-state index in [2.05, 4.69) is 50.8 Å². The van der Waals surface area contributed by atoms with Crippen LogP contribution in [0.3, 0.4) is 0 Å². The fourth-order valence-corrected chi connectivity index (χ4v) is 3.96. The molecule has 1 amide bonds. The maximum atomic E-state index is 12.4. The SMILES string of the molecule is CCn1c(=O)[nH]c2cc(CN3CCN(C4=CN(C)CC=C4)CC3)ccc2c1=O.NC=O. The summed E-state index contributed by atoms with van der Waals surface area (Å²) in [6, 6.07) is 5.76. The number of nitrogens with two attached hydrogens (primary N) is 1. The maximum Gasteiger partial charge on any atom is 0.328 e. The molecule has 0 atom stereocenters. The van der Waals surface area contributed by atoms with Gasteiger partial charge >= 0.3 is 5.69 Å². The molecular formula is C22H30N6O3. The molecule has 9 nitrogen and oxygen atoms in total. The number of carbonyl (C=O) groups excluding carboxylic acids is 1. The Morgan fingerprint density at radius 1 is 1.16 bits per heavy atom. The van der Waals surface area contributed by atoms with Crippen molar-refractivity contribution in [3.63, 3.8) is 0 Å². The van der Waals surface area contributed by atoms with E-state index in [1.54, 1.807) is 6.92 Å². The number of benzene rings is 1. The predicted molar refractivity (Wildman–Crippen MR) is 121 cm³/mol. The highest BCUT2D eigenvalue weighted by atomic mass is 16.2. The number of H-pyrrole nitrogens is 1. The van der Waals surface area contributed by atoms with Gasteiger partial charge in [0.15, 0.2) is 0 Å². The Morgan fingerprint density at radius 2 is 1.87 bits per heavy atom. The molecule has 2 aromatic rings. The van der Waals surface area contributed by atoms with Gasteiger partial charge in [0.1, 0.15) is 0 Å². The number of rotatable bonds is 4. The largest absolute Gasteiger partial charge is 0.375 e. The fourth-order valence-electron chi connectivity index (χ4n) is 3.96. The summed E-state index contributed by atoms with van der Waals surface area (Å²) in [5.74, 6) is 0. The molecule has 9 heteroatoms. The number of hydrogen-bond acceptors (Lipinski definition) is 6. The van der Waals surface area contributed by atoms with Crippen molar-refractivity contribution in [1.82, 2.24) is 24.3 Å². The molecule has 0 spiro atoms. The minimum Gasteiger partial charge on any atom is -0.375 e. The van der Waals surface area contributed by atoms with Crippen LogP contribution in [0, 0.1) is 0 Å². The second-order valence-electron chi connectivity index (χ2n) is 7.65. The van der Waals surface area contributed by atoms with Gasteiger partial charge in [0.05, 0.1) is 16.6 Å². The first-order valence-corrected chi connectivity index (χ1v) is 10.4. The topological polar surface area (TPSA) is 108 Å². The third-order valence-corrected chi connectivity index (χ3v) is 5.54. The molecule has 3 N–H and O–H groups in total. The second kappa shape index (κ2) is 10.1. The van der Waals surface area contributed by atoms with E-state index in [-0.39, 0.29) is 17.7 Å². The van der Waals surface area contributed by atoms with E-state index in [4.69, 9.17) is 4.79 Å². The molecule has 0 radical (unpaired) electrons. The smallest absolute Gasteiger partial charge is 0.328 e. The summed E-state index contributed by atoms with van der Waals surface area (Å²) in [6.07, 6.45) is 6.86. The van der Waals surface area contributed by atoms with E-state index in [9.17, 15) is 9.59 Å². The molecule has 0 unspecified atom stereocenters. The quantitative estimate of drug-likeness (QED) is 0.680. The Hall–Kier alpha value is -3.33. The van der Waals surface area contributed by atoms with Gasteiger partial charge in [-0.15, -0.1) is 0 Å². The lowest BCUT2D eigenvalue weighted by molar-refractivity contribution is -0.106. The van der Waals surface area contributed by atoms with Gasteiger partial charge in [0.25, 0.3) is 5.56 Å². The first-order chi connectivity index (χ1) is 15.0. The molecule has 0 saturated carbocycles. The molecule has 4 rings (SSSR count). The third kappa shape index (κ3) is 5.24. The predicted octanol–water partition coefficient (Wildman–Crippen LogP) is 0.272. The normalized spacial score (nSPS) is 16.6. The van der Waals surface area contributed by atoms with Gasteiger partial charge in [-0.1, -0.05) is 12.1 Å². The highest BCUT2D eigenvalue weighted by Gasteiger charge is 2.19. The Kier molecular flexibility index (Phi) is 7.30. The van der Waals surface area contributed by atoms with Gasteiger partial charge in [-0.05, 0) is 30.7 Å². The van der Waals surface area contributed by atoms with Gasteiger partial charge < -0.3 is 20.5 Å². The Bertz CT molecular complexity index is 1090. The first-order valence-electron chi connectivity index (χ1n) is 10.4. The van der Waals surface area contributed by atoms with Crippen molar-refractivity contribution >= 4 is 17.3 Å². The molecular weight excluding hydrogens is 396 g/mol. The molecule has 166 valence electrons. The van der Waals surface area contributed by atoms with E-state index < -0.39 is 0 Å². The summed E-state index contributed by atoms with van der Waals surface area (Å²) in [6.45, 7) is 7.92. The lowest BCUT2D eigenvalue weighted by Gasteiger charge is -2.37. The van der Waals surface area contributed by atoms with Crippen molar-refractivity contribution in [3.8, 4) is 0 Å². The van der Waals surface area contributed by atoms with Gasteiger partial charge in [0.2, 0.25) is 6.41 Å². The first kappa shape index (κ1) is 22.4. The summed E-state index contributed by atoms with van der Waals surface area (Å²) >= 11 is 0. The van der Waals surface area contributed by atoms with Gasteiger partial charge in [-0.3, -0.25) is 19.1 Å². The molecule has 3 heterocycles. The summed E-state index contributed by atoms with van der Waals surface area (Å²) in [5.41, 5.74) is 6.62. The van der Waals surface area contributed by atoms with Crippen LogP contribution in [0.4, 0.5) is 0 Å². The summed E-state index contributed by atoms with van der Waals surface area (Å²) < 4.78 is 1.23. The molecule has 1 fully saturated rings. The number of carbonyl (C=O) groups is 1. The van der Waals surface area contributed by atoms with Crippen molar-refractivity contribution < 1.29 is 4.79 Å². The highest BCUT2D eigenvalue weighted by Crippen LogP contribution is 2.17. The Labute approximate surface area is 181 Å². The molecule has 0 aliphatic carbocycles. The van der Waals surface area contributed by atoms with Gasteiger partial charge in [-0.2, -0.15) is 0 Å². The number of piperazine rings is 1. The summed E-state index contributed by atoms with van der Waals surface area (Å²) in [4.78, 5) is 42.9. The zero-order valence-electron chi connectivity index (χ0n) is 18.1. The number of fused-ring (bicyclic) bond motifs is 1. The number of likely N-dealkylation sites (N-methyl/N-ethyl adjacent to an activating group) is 1. The van der Waals surface area contributed by atoms with E-state index >= 15 is 0 Å². The average Bonchev–Trinajstić information content (AvgIpc) is 2.75. The van der Waals surface area contributed by atoms with Crippen molar-refractivity contribution in [2.75, 3.05) is 39.8 Å². The minimum absolute atomic E-state index is 0.222. The number of nitrogens with zero attached hydrogens (tertiary/aromatic N) is 4. The molecule has 1 aromatic heterocycles. The van der Waals surface area contributed by atoms with E-state index in [0.717, 1.165) is 44.8 Å². The van der Waals surface area contributed by atoms with E-state index in [0.29, 0.717) is 17.4 Å². The highest BCUT2D eigenvalue weighted by molar-refractivity contribution is 5.77. The number of primary amides is 1. The van der Waals surface area contributed by atoms with Crippen LogP contribution in [0.25, 0.3) is 10.9 Å². The van der Waals surface area contributed by atoms with Gasteiger partial charge in [-0.25, -0.2) is 4.79 Å². The lowest BCUT2D eigenvalue weighted by atomic mass is 10.1. The molecule has 2 aliphatic rings. The minimum atomic E-state index is -0.343. The van der Waals surface area contributed by atoms with Crippen LogP contribution >= 0.6 is 0 Å². The van der Waals surface area contributed by atoms with Crippen molar-refractivity contribution in [2.45, 2.75) is 20.0 Å². The third-order valence-electron chi connectivity index (χ3n) is 5.54. The van der Waals surface area contributed by atoms with Crippen molar-refractivity contribution in [3.05, 3.63) is 68.6 Å². The zero-order valence-corrected chi connectivity index (χ0v) is 18.1. The number of aromatic nitrogens is 2.